The largest absolute Gasteiger partial charge is 0.497 e. The van der Waals surface area contributed by atoms with Gasteiger partial charge in [-0.25, -0.2) is 0 Å². The van der Waals surface area contributed by atoms with Gasteiger partial charge in [0.05, 0.1) is 7.11 Å². The van der Waals surface area contributed by atoms with Crippen molar-refractivity contribution in [3.8, 4) is 5.75 Å². The summed E-state index contributed by atoms with van der Waals surface area (Å²) in [5.41, 5.74) is 0.969. The molecule has 0 amide bonds. The average molecular weight is 290 g/mol. The number of hydrogen-bond acceptors (Lipinski definition) is 4. The van der Waals surface area contributed by atoms with Crippen molar-refractivity contribution in [1.29, 1.82) is 0 Å². The molecule has 0 aliphatic rings. The van der Waals surface area contributed by atoms with Crippen LogP contribution in [0.4, 0.5) is 0 Å². The number of nitrogens with zero attached hydrogens (tertiary/aromatic N) is 2. The van der Waals surface area contributed by atoms with Crippen molar-refractivity contribution in [2.24, 2.45) is 5.92 Å². The molecule has 1 aromatic carbocycles. The fourth-order valence-corrected chi connectivity index (χ4v) is 2.18. The van der Waals surface area contributed by atoms with Crippen molar-refractivity contribution in [2.75, 3.05) is 48.4 Å². The predicted octanol–water partition coefficient (Wildman–Crippen LogP) is 2.02. The number of ketones is 1. The molecule has 0 aliphatic carbocycles. The Morgan fingerprint density at radius 2 is 1.81 bits per heavy atom. The molecule has 0 atom stereocenters. The zero-order valence-electron chi connectivity index (χ0n) is 13.7. The van der Waals surface area contributed by atoms with Crippen LogP contribution in [0.3, 0.4) is 0 Å². The van der Waals surface area contributed by atoms with Crippen LogP contribution >= 0.6 is 0 Å². The first-order chi connectivity index (χ1) is 9.92. The van der Waals surface area contributed by atoms with Crippen molar-refractivity contribution in [3.05, 3.63) is 35.9 Å². The van der Waals surface area contributed by atoms with Crippen molar-refractivity contribution in [2.45, 2.75) is 0 Å². The molecule has 21 heavy (non-hydrogen) atoms. The molecule has 1 rings (SSSR count). The van der Waals surface area contributed by atoms with Crippen LogP contribution in [0.25, 0.3) is 6.08 Å². The Kier molecular flexibility index (Phi) is 7.12. The third-order valence-corrected chi connectivity index (χ3v) is 3.11. The fourth-order valence-electron chi connectivity index (χ4n) is 2.18. The standard InChI is InChI=1S/C17H26N2O2/c1-18(2)12-15(13-19(3)4)17(20)10-9-14-7-6-8-16(11-14)21-5/h6-11,15H,12-13H2,1-5H3/b10-9+. The van der Waals surface area contributed by atoms with Gasteiger partial charge in [0.2, 0.25) is 0 Å². The molecule has 0 saturated carbocycles. The molecule has 1 aromatic rings. The number of ether oxygens (including phenoxy) is 1. The number of allylic oxidation sites excluding steroid dienone is 1. The van der Waals surface area contributed by atoms with E-state index in [0.717, 1.165) is 24.4 Å². The van der Waals surface area contributed by atoms with E-state index in [-0.39, 0.29) is 11.7 Å². The van der Waals surface area contributed by atoms with Gasteiger partial charge in [-0.2, -0.15) is 0 Å². The molecule has 0 bridgehead atoms. The Labute approximate surface area is 128 Å². The summed E-state index contributed by atoms with van der Waals surface area (Å²) in [7, 11) is 9.59. The highest BCUT2D eigenvalue weighted by molar-refractivity contribution is 5.95. The summed E-state index contributed by atoms with van der Waals surface area (Å²) in [6.45, 7) is 1.50. The average Bonchev–Trinajstić information content (AvgIpc) is 2.43. The van der Waals surface area contributed by atoms with Crippen molar-refractivity contribution in [3.63, 3.8) is 0 Å². The molecule has 0 aliphatic heterocycles. The van der Waals surface area contributed by atoms with Gasteiger partial charge in [0.15, 0.2) is 5.78 Å². The first-order valence-corrected chi connectivity index (χ1v) is 7.08. The number of carbonyl (C=O) groups excluding carboxylic acids is 1. The van der Waals surface area contributed by atoms with Gasteiger partial charge in [-0.05, 0) is 52.0 Å². The highest BCUT2D eigenvalue weighted by atomic mass is 16.5. The van der Waals surface area contributed by atoms with E-state index in [4.69, 9.17) is 4.74 Å². The molecule has 0 radical (unpaired) electrons. The molecule has 0 saturated heterocycles. The number of carbonyl (C=O) groups is 1. The minimum absolute atomic E-state index is 0.0168. The second kappa shape index (κ2) is 8.60. The fraction of sp³-hybridized carbons (Fsp3) is 0.471. The van der Waals surface area contributed by atoms with Gasteiger partial charge in [0.25, 0.3) is 0 Å². The minimum atomic E-state index is -0.0168. The Hall–Kier alpha value is -1.65. The monoisotopic (exact) mass is 290 g/mol. The molecule has 0 unspecified atom stereocenters. The molecule has 4 nitrogen and oxygen atoms in total. The zero-order valence-corrected chi connectivity index (χ0v) is 13.7. The quantitative estimate of drug-likeness (QED) is 0.686. The van der Waals surface area contributed by atoms with Gasteiger partial charge >= 0.3 is 0 Å². The molecular formula is C17H26N2O2. The zero-order chi connectivity index (χ0) is 15.8. The second-order valence-electron chi connectivity index (χ2n) is 5.73. The summed E-state index contributed by atoms with van der Waals surface area (Å²) in [6.07, 6.45) is 3.52. The lowest BCUT2D eigenvalue weighted by atomic mass is 10.0. The number of hydrogen-bond donors (Lipinski definition) is 0. The summed E-state index contributed by atoms with van der Waals surface area (Å²) in [6, 6.07) is 7.68. The maximum Gasteiger partial charge on any atom is 0.161 e. The Morgan fingerprint density at radius 1 is 1.19 bits per heavy atom. The van der Waals surface area contributed by atoms with E-state index in [1.807, 2.05) is 68.3 Å². The van der Waals surface area contributed by atoms with Gasteiger partial charge < -0.3 is 14.5 Å². The summed E-state index contributed by atoms with van der Waals surface area (Å²) < 4.78 is 5.18. The molecule has 4 heteroatoms. The van der Waals surface area contributed by atoms with Gasteiger partial charge in [-0.3, -0.25) is 4.79 Å². The van der Waals surface area contributed by atoms with Crippen LogP contribution in [0.5, 0.6) is 5.75 Å². The summed E-state index contributed by atoms with van der Waals surface area (Å²) >= 11 is 0. The molecule has 0 spiro atoms. The third-order valence-electron chi connectivity index (χ3n) is 3.11. The summed E-state index contributed by atoms with van der Waals surface area (Å²) in [5, 5.41) is 0. The normalized spacial score (nSPS) is 11.8. The van der Waals surface area contributed by atoms with E-state index in [9.17, 15) is 4.79 Å². The second-order valence-corrected chi connectivity index (χ2v) is 5.73. The van der Waals surface area contributed by atoms with Gasteiger partial charge in [0.1, 0.15) is 5.75 Å². The van der Waals surface area contributed by atoms with Crippen LogP contribution in [0.1, 0.15) is 5.56 Å². The first kappa shape index (κ1) is 17.4. The Morgan fingerprint density at radius 3 is 2.33 bits per heavy atom. The van der Waals surface area contributed by atoms with E-state index >= 15 is 0 Å². The van der Waals surface area contributed by atoms with Crippen LogP contribution in [-0.4, -0.2) is 64.0 Å². The number of methoxy groups -OCH3 is 1. The lowest BCUT2D eigenvalue weighted by Gasteiger charge is -2.22. The molecule has 116 valence electrons. The highest BCUT2D eigenvalue weighted by Gasteiger charge is 2.17. The van der Waals surface area contributed by atoms with Crippen LogP contribution in [0.2, 0.25) is 0 Å². The van der Waals surface area contributed by atoms with E-state index in [1.165, 1.54) is 0 Å². The van der Waals surface area contributed by atoms with Crippen molar-refractivity contribution >= 4 is 11.9 Å². The summed E-state index contributed by atoms with van der Waals surface area (Å²) in [4.78, 5) is 16.5. The Balaban J connectivity index is 2.76. The van der Waals surface area contributed by atoms with Crippen LogP contribution < -0.4 is 4.74 Å². The van der Waals surface area contributed by atoms with Crippen LogP contribution in [-0.2, 0) is 4.79 Å². The van der Waals surface area contributed by atoms with Crippen LogP contribution in [0, 0.1) is 5.92 Å². The lowest BCUT2D eigenvalue weighted by molar-refractivity contribution is -0.119. The van der Waals surface area contributed by atoms with E-state index in [2.05, 4.69) is 0 Å². The smallest absolute Gasteiger partial charge is 0.161 e. The highest BCUT2D eigenvalue weighted by Crippen LogP contribution is 2.14. The Bertz CT molecular complexity index is 471. The summed E-state index contributed by atoms with van der Waals surface area (Å²) in [5.74, 6) is 0.930. The predicted molar refractivity (Wildman–Crippen MR) is 87.6 cm³/mol. The molecule has 0 heterocycles. The van der Waals surface area contributed by atoms with Gasteiger partial charge in [0, 0.05) is 19.0 Å². The molecular weight excluding hydrogens is 264 g/mol. The molecule has 0 N–H and O–H groups in total. The topological polar surface area (TPSA) is 32.8 Å². The van der Waals surface area contributed by atoms with Crippen molar-refractivity contribution in [1.82, 2.24) is 9.80 Å². The SMILES string of the molecule is COc1cccc(/C=C/C(=O)C(CN(C)C)CN(C)C)c1. The van der Waals surface area contributed by atoms with E-state index < -0.39 is 0 Å². The minimum Gasteiger partial charge on any atom is -0.497 e. The lowest BCUT2D eigenvalue weighted by Crippen LogP contribution is -2.34. The van der Waals surface area contributed by atoms with E-state index in [0.29, 0.717) is 0 Å². The maximum absolute atomic E-state index is 12.4. The third kappa shape index (κ3) is 6.56. The first-order valence-electron chi connectivity index (χ1n) is 7.08. The van der Waals surface area contributed by atoms with Gasteiger partial charge in [-0.1, -0.05) is 18.2 Å². The maximum atomic E-state index is 12.4. The number of rotatable bonds is 8. The van der Waals surface area contributed by atoms with Crippen LogP contribution in [0.15, 0.2) is 30.3 Å². The molecule has 0 fully saturated rings. The molecule has 0 aromatic heterocycles. The van der Waals surface area contributed by atoms with Crippen molar-refractivity contribution < 1.29 is 9.53 Å². The van der Waals surface area contributed by atoms with Gasteiger partial charge in [-0.15, -0.1) is 0 Å². The van der Waals surface area contributed by atoms with E-state index in [1.54, 1.807) is 13.2 Å². The number of benzene rings is 1.